The molecule has 0 aliphatic carbocycles. The number of aliphatic hydroxyl groups excluding tert-OH is 1. The molecular weight excluding hydrogens is 395 g/mol. The predicted octanol–water partition coefficient (Wildman–Crippen LogP) is 4.63. The molecule has 158 valence electrons. The Bertz CT molecular complexity index is 987. The molecule has 0 radical (unpaired) electrons. The maximum absolute atomic E-state index is 14.1. The molecular formula is C24H29N2O3P. The van der Waals surface area contributed by atoms with Crippen molar-refractivity contribution in [1.82, 2.24) is 0 Å². The zero-order chi connectivity index (χ0) is 21.7. The van der Waals surface area contributed by atoms with Gasteiger partial charge in [-0.05, 0) is 47.5 Å². The van der Waals surface area contributed by atoms with E-state index < -0.39 is 13.2 Å². The Balaban J connectivity index is 1.96. The van der Waals surface area contributed by atoms with Crippen molar-refractivity contribution in [3.8, 4) is 0 Å². The molecule has 0 aliphatic rings. The van der Waals surface area contributed by atoms with Gasteiger partial charge in [-0.2, -0.15) is 0 Å². The fourth-order valence-electron chi connectivity index (χ4n) is 3.13. The molecule has 3 aromatic carbocycles. The number of aliphatic hydroxyl groups is 1. The van der Waals surface area contributed by atoms with E-state index in [4.69, 9.17) is 4.52 Å². The van der Waals surface area contributed by atoms with Crippen LogP contribution in [0.5, 0.6) is 0 Å². The lowest BCUT2D eigenvalue weighted by atomic mass is 10.2. The summed E-state index contributed by atoms with van der Waals surface area (Å²) >= 11 is 0. The molecule has 3 rings (SSSR count). The van der Waals surface area contributed by atoms with Gasteiger partial charge in [0.25, 0.3) is 7.37 Å². The van der Waals surface area contributed by atoms with Crippen LogP contribution in [0.2, 0.25) is 0 Å². The summed E-state index contributed by atoms with van der Waals surface area (Å²) in [5.74, 6) is -1.26. The number of nitrogens with zero attached hydrogens (tertiary/aromatic N) is 2. The summed E-state index contributed by atoms with van der Waals surface area (Å²) < 4.78 is 20.1. The third-order valence-corrected chi connectivity index (χ3v) is 7.49. The molecule has 0 bridgehead atoms. The molecule has 1 N–H and O–H groups in total. The van der Waals surface area contributed by atoms with Gasteiger partial charge in [-0.1, -0.05) is 42.5 Å². The van der Waals surface area contributed by atoms with Gasteiger partial charge in [0.15, 0.2) is 5.85 Å². The van der Waals surface area contributed by atoms with Crippen LogP contribution >= 0.6 is 7.37 Å². The van der Waals surface area contributed by atoms with Crippen molar-refractivity contribution >= 4 is 24.0 Å². The second-order valence-electron chi connectivity index (χ2n) is 7.63. The zero-order valence-electron chi connectivity index (χ0n) is 17.9. The van der Waals surface area contributed by atoms with Gasteiger partial charge < -0.3 is 19.4 Å². The quantitative estimate of drug-likeness (QED) is 0.535. The van der Waals surface area contributed by atoms with Crippen LogP contribution < -0.4 is 15.1 Å². The highest BCUT2D eigenvalue weighted by atomic mass is 31.2. The highest BCUT2D eigenvalue weighted by Crippen LogP contribution is 2.58. The molecule has 0 fully saturated rings. The summed E-state index contributed by atoms with van der Waals surface area (Å²) in [4.78, 5) is 3.94. The maximum atomic E-state index is 14.1. The van der Waals surface area contributed by atoms with E-state index in [1.807, 2.05) is 92.6 Å². The molecule has 0 saturated carbocycles. The van der Waals surface area contributed by atoms with Gasteiger partial charge in [0.2, 0.25) is 0 Å². The monoisotopic (exact) mass is 424 g/mol. The zero-order valence-corrected chi connectivity index (χ0v) is 18.8. The number of benzene rings is 3. The van der Waals surface area contributed by atoms with E-state index in [0.29, 0.717) is 10.9 Å². The van der Waals surface area contributed by atoms with Crippen molar-refractivity contribution in [2.75, 3.05) is 38.0 Å². The summed E-state index contributed by atoms with van der Waals surface area (Å²) in [6, 6.07) is 24.3. The van der Waals surface area contributed by atoms with Crippen LogP contribution in [0.1, 0.15) is 17.0 Å². The minimum atomic E-state index is -3.62. The average molecular weight is 424 g/mol. The molecule has 6 heteroatoms. The topological polar surface area (TPSA) is 53.0 Å². The van der Waals surface area contributed by atoms with Gasteiger partial charge >= 0.3 is 0 Å². The largest absolute Gasteiger partial charge is 0.378 e. The Morgan fingerprint density at radius 1 is 0.800 bits per heavy atom. The summed E-state index contributed by atoms with van der Waals surface area (Å²) in [7, 11) is 4.18. The predicted molar refractivity (Wildman–Crippen MR) is 125 cm³/mol. The lowest BCUT2D eigenvalue weighted by molar-refractivity contribution is 0.210. The summed E-state index contributed by atoms with van der Waals surface area (Å²) in [6.07, 6.45) is 0. The fraction of sp³-hybridized carbons (Fsp3) is 0.250. The van der Waals surface area contributed by atoms with E-state index in [9.17, 15) is 9.67 Å². The van der Waals surface area contributed by atoms with E-state index >= 15 is 0 Å². The molecule has 0 aliphatic heterocycles. The Hall–Kier alpha value is -2.59. The average Bonchev–Trinajstić information content (AvgIpc) is 2.77. The second-order valence-corrected chi connectivity index (χ2v) is 10.1. The Morgan fingerprint density at radius 2 is 1.30 bits per heavy atom. The first-order valence-corrected chi connectivity index (χ1v) is 11.5. The van der Waals surface area contributed by atoms with E-state index in [0.717, 1.165) is 16.9 Å². The normalized spacial score (nSPS) is 14.0. The SMILES string of the molecule is CN(C)c1ccc([C@@H](O)[P@](=O)(OCc2ccccc2)c2ccc(N(C)C)cc2)cc1. The third-order valence-electron chi connectivity index (χ3n) is 5.02. The first kappa shape index (κ1) is 22.1. The first-order valence-electron chi connectivity index (χ1n) is 9.83. The Morgan fingerprint density at radius 3 is 1.80 bits per heavy atom. The summed E-state index contributed by atoms with van der Waals surface area (Å²) in [6.45, 7) is 0.153. The van der Waals surface area contributed by atoms with Crippen molar-refractivity contribution in [3.63, 3.8) is 0 Å². The van der Waals surface area contributed by atoms with Crippen molar-refractivity contribution in [3.05, 3.63) is 90.0 Å². The molecule has 0 spiro atoms. The molecule has 3 aromatic rings. The maximum Gasteiger partial charge on any atom is 0.264 e. The van der Waals surface area contributed by atoms with Crippen molar-refractivity contribution < 1.29 is 14.2 Å². The Labute approximate surface area is 179 Å². The number of hydrogen-bond acceptors (Lipinski definition) is 5. The first-order chi connectivity index (χ1) is 14.3. The highest BCUT2D eigenvalue weighted by molar-refractivity contribution is 7.67. The minimum Gasteiger partial charge on any atom is -0.378 e. The summed E-state index contributed by atoms with van der Waals surface area (Å²) in [5, 5.41) is 11.7. The lowest BCUT2D eigenvalue weighted by Gasteiger charge is -2.25. The van der Waals surface area contributed by atoms with Gasteiger partial charge in [-0.25, -0.2) is 0 Å². The van der Waals surface area contributed by atoms with Gasteiger partial charge in [-0.3, -0.25) is 4.57 Å². The van der Waals surface area contributed by atoms with Crippen LogP contribution in [-0.2, 0) is 15.7 Å². The van der Waals surface area contributed by atoms with Crippen molar-refractivity contribution in [2.24, 2.45) is 0 Å². The van der Waals surface area contributed by atoms with Gasteiger partial charge in [0.1, 0.15) is 0 Å². The van der Waals surface area contributed by atoms with Gasteiger partial charge in [0, 0.05) is 44.9 Å². The Kier molecular flexibility index (Phi) is 6.99. The fourth-order valence-corrected chi connectivity index (χ4v) is 5.17. The number of hydrogen-bond donors (Lipinski definition) is 1. The third kappa shape index (κ3) is 4.93. The molecule has 0 unspecified atom stereocenters. The van der Waals surface area contributed by atoms with Crippen molar-refractivity contribution in [1.29, 1.82) is 0 Å². The van der Waals surface area contributed by atoms with Crippen LogP contribution in [0, 0.1) is 0 Å². The van der Waals surface area contributed by atoms with Crippen LogP contribution in [0.4, 0.5) is 11.4 Å². The molecule has 0 heterocycles. The lowest BCUT2D eigenvalue weighted by Crippen LogP contribution is -2.16. The highest BCUT2D eigenvalue weighted by Gasteiger charge is 2.36. The standard InChI is InChI=1S/C24H29N2O3P/c1-25(2)21-12-10-20(11-13-21)24(27)30(28,29-18-19-8-6-5-7-9-19)23-16-14-22(15-17-23)26(3)4/h5-17,24,27H,18H2,1-4H3/t24-,30+/m0/s1. The minimum absolute atomic E-state index is 0.153. The van der Waals surface area contributed by atoms with Crippen LogP contribution in [0.15, 0.2) is 78.9 Å². The van der Waals surface area contributed by atoms with Gasteiger partial charge in [-0.15, -0.1) is 0 Å². The van der Waals surface area contributed by atoms with Crippen molar-refractivity contribution in [2.45, 2.75) is 12.5 Å². The van der Waals surface area contributed by atoms with Crippen LogP contribution in [0.3, 0.4) is 0 Å². The molecule has 0 saturated heterocycles. The van der Waals surface area contributed by atoms with Crippen LogP contribution in [-0.4, -0.2) is 33.3 Å². The molecule has 0 aromatic heterocycles. The smallest absolute Gasteiger partial charge is 0.264 e. The van der Waals surface area contributed by atoms with Crippen LogP contribution in [0.25, 0.3) is 0 Å². The van der Waals surface area contributed by atoms with Gasteiger partial charge in [0.05, 0.1) is 6.61 Å². The summed E-state index contributed by atoms with van der Waals surface area (Å²) in [5.41, 5.74) is 3.45. The number of anilines is 2. The molecule has 5 nitrogen and oxygen atoms in total. The van der Waals surface area contributed by atoms with E-state index in [1.54, 1.807) is 24.3 Å². The van der Waals surface area contributed by atoms with E-state index in [1.165, 1.54) is 0 Å². The molecule has 30 heavy (non-hydrogen) atoms. The van der Waals surface area contributed by atoms with E-state index in [-0.39, 0.29) is 6.61 Å². The number of rotatable bonds is 8. The molecule has 2 atom stereocenters. The second kappa shape index (κ2) is 9.48. The molecule has 0 amide bonds. The van der Waals surface area contributed by atoms with E-state index in [2.05, 4.69) is 0 Å².